The second-order valence-corrected chi connectivity index (χ2v) is 40.7. The molecule has 1 aliphatic heterocycles. The molecule has 0 aromatic rings. The predicted molar refractivity (Wildman–Crippen MR) is 287 cm³/mol. The Kier molecular flexibility index (Phi) is 89.4. The minimum absolute atomic E-state index is 0. The van der Waals surface area contributed by atoms with Crippen LogP contribution in [0.25, 0.3) is 0 Å². The van der Waals surface area contributed by atoms with Crippen LogP contribution < -0.4 is 10.8 Å². The zero-order valence-electron chi connectivity index (χ0n) is 25.0. The number of nitrogens with zero attached hydrogens (tertiary/aromatic N) is 7. The van der Waals surface area contributed by atoms with Crippen molar-refractivity contribution in [3.8, 4) is 0 Å². The minimum Gasteiger partial charge on any atom is -0.383 e. The van der Waals surface area contributed by atoms with Gasteiger partial charge < -0.3 is 15.2 Å². The molecule has 3 N–H and O–H groups in total. The lowest BCUT2D eigenvalue weighted by Gasteiger charge is -2.22. The van der Waals surface area contributed by atoms with Crippen molar-refractivity contribution in [1.82, 2.24) is 5.09 Å². The lowest BCUT2D eigenvalue weighted by molar-refractivity contribution is 0.204. The van der Waals surface area contributed by atoms with Crippen molar-refractivity contribution in [3.05, 3.63) is 0 Å². The van der Waals surface area contributed by atoms with E-state index in [1.54, 1.807) is 27.9 Å². The largest absolute Gasteiger partial charge is 0.383 e. The number of hydrogen-bond acceptors (Lipinski definition) is 8. The van der Waals surface area contributed by atoms with Crippen LogP contribution in [0.3, 0.4) is 0 Å². The maximum absolute atomic E-state index is 5.64. The molecule has 0 fully saturated rings. The molecule has 1 heterocycles. The van der Waals surface area contributed by atoms with E-state index in [0.29, 0.717) is 19.8 Å². The Morgan fingerprint density at radius 3 is 1.02 bits per heavy atom. The molecule has 0 bridgehead atoms. The first kappa shape index (κ1) is 101. The molecule has 0 aromatic carbocycles. The number of nitrogens with one attached hydrogen (secondary N) is 1. The van der Waals surface area contributed by atoms with Gasteiger partial charge in [0.15, 0.2) is 0 Å². The highest BCUT2D eigenvalue weighted by molar-refractivity contribution is 8.26. The van der Waals surface area contributed by atoms with E-state index >= 15 is 0 Å². The number of rotatable bonds is 8. The van der Waals surface area contributed by atoms with Crippen molar-refractivity contribution < 1.29 is 9.47 Å². The van der Waals surface area contributed by atoms with Crippen LogP contribution in [0.1, 0.15) is 89.1 Å². The fourth-order valence-electron chi connectivity index (χ4n) is 2.16. The third-order valence-electron chi connectivity index (χ3n) is 3.31. The van der Waals surface area contributed by atoms with Gasteiger partial charge in [0.05, 0.1) is 20.4 Å². The molecule has 11 nitrogen and oxygen atoms in total. The molecule has 0 saturated carbocycles. The standard InChI is InChI=1S/C10H29N4OP3.C3H9NO.C2H6Cl2NP.12CH4.Cl6N3P3/c1-11-18(8,12-9-10-15-2)14-17(6,7)13-16(3,4)5;1-5-3-2-4;1-5-6(2,3)4;;;;;;;;;;;;;1-10(2)7-11(3,4)9-12(5,6)8-10/h12H,9-10H2,1-8H3;2-4H2,1H3;1-2H3;12*1H4;. The normalized spacial score (nSPS) is 14.2. The molecular weight excluding hydrogens is 983 g/mol. The Hall–Kier alpha value is 3.77. The monoisotopic (exact) mass is 1070 g/mol. The Bertz CT molecular complexity index is 1100. The maximum Gasteiger partial charge on any atom is 0.257 e. The molecule has 1 rings (SSSR count). The second kappa shape index (κ2) is 46.8. The van der Waals surface area contributed by atoms with Crippen molar-refractivity contribution in [2.45, 2.75) is 89.1 Å². The lowest BCUT2D eigenvalue weighted by Crippen LogP contribution is -2.14. The van der Waals surface area contributed by atoms with Gasteiger partial charge in [-0.2, -0.15) is 13.5 Å². The fraction of sp³-hybridized carbons (Fsp3) is 1.00. The molecule has 1 unspecified atom stereocenters. The van der Waals surface area contributed by atoms with Crippen molar-refractivity contribution in [3.63, 3.8) is 0 Å². The Balaban J connectivity index is -0.0000000283. The summed E-state index contributed by atoms with van der Waals surface area (Å²) in [5, 5.41) is 3.42. The van der Waals surface area contributed by atoms with Crippen molar-refractivity contribution in [2.75, 3.05) is 101 Å². The molecule has 0 aliphatic carbocycles. The summed E-state index contributed by atoms with van der Waals surface area (Å²) in [6, 6.07) is 0. The number of methoxy groups -OCH3 is 2. The maximum atomic E-state index is 5.64. The van der Waals surface area contributed by atoms with Crippen molar-refractivity contribution in [1.29, 1.82) is 0 Å². The van der Waals surface area contributed by atoms with Crippen LogP contribution in [0.4, 0.5) is 0 Å². The quantitative estimate of drug-likeness (QED) is 0.184. The lowest BCUT2D eigenvalue weighted by atomic mass is 10.7. The molecule has 53 heavy (non-hydrogen) atoms. The third-order valence-corrected chi connectivity index (χ3v) is 26.0. The van der Waals surface area contributed by atoms with Crippen LogP contribution in [0, 0.1) is 0 Å². The van der Waals surface area contributed by atoms with Gasteiger partial charge in [-0.3, -0.25) is 19.1 Å². The number of halogens is 8. The molecule has 26 heteroatoms. The van der Waals surface area contributed by atoms with Crippen LogP contribution in [0.5, 0.6) is 0 Å². The summed E-state index contributed by atoms with van der Waals surface area (Å²) in [6.45, 7) is 17.6. The van der Waals surface area contributed by atoms with E-state index in [0.717, 1.165) is 6.54 Å². The van der Waals surface area contributed by atoms with Gasteiger partial charge in [-0.05, 0) is 114 Å². The van der Waals surface area contributed by atoms with Crippen LogP contribution >= 0.6 is 135 Å². The fourth-order valence-corrected chi connectivity index (χ4v) is 31.3. The molecule has 348 valence electrons. The number of nitrogens with two attached hydrogens (primary N) is 1. The van der Waals surface area contributed by atoms with Gasteiger partial charge in [0, 0.05) is 48.1 Å². The van der Waals surface area contributed by atoms with Gasteiger partial charge in [0.1, 0.15) is 13.1 Å². The zero-order valence-corrected chi connectivity index (χ0v) is 37.3. The van der Waals surface area contributed by atoms with Gasteiger partial charge in [-0.1, -0.05) is 112 Å². The van der Waals surface area contributed by atoms with E-state index < -0.39 is 45.1 Å². The first-order valence-electron chi connectivity index (χ1n) is 11.2. The van der Waals surface area contributed by atoms with Gasteiger partial charge in [0.25, 0.3) is 17.7 Å². The molecule has 0 radical (unpaired) electrons. The van der Waals surface area contributed by atoms with E-state index in [1.165, 1.54) is 0 Å². The zero-order chi connectivity index (χ0) is 33.4. The smallest absolute Gasteiger partial charge is 0.257 e. The van der Waals surface area contributed by atoms with E-state index in [9.17, 15) is 0 Å². The van der Waals surface area contributed by atoms with E-state index in [1.807, 2.05) is 7.05 Å². The predicted octanol–water partition coefficient (Wildman–Crippen LogP) is 21.2. The van der Waals surface area contributed by atoms with E-state index in [2.05, 4.69) is 72.8 Å². The summed E-state index contributed by atoms with van der Waals surface area (Å²) in [5.74, 6) is -10.6. The van der Waals surface area contributed by atoms with E-state index in [4.69, 9.17) is 109 Å². The third kappa shape index (κ3) is 70.7. The van der Waals surface area contributed by atoms with E-state index in [-0.39, 0.29) is 89.1 Å². The Labute approximate surface area is 374 Å². The number of hydrogen-bond donors (Lipinski definition) is 2. The van der Waals surface area contributed by atoms with Gasteiger partial charge in [-0.25, -0.2) is 4.52 Å². The van der Waals surface area contributed by atoms with Crippen LogP contribution in [-0.2, 0) is 9.47 Å². The highest BCUT2D eigenvalue weighted by Gasteiger charge is 2.30. The minimum atomic E-state index is -2.91. The summed E-state index contributed by atoms with van der Waals surface area (Å²) in [4.78, 5) is 0. The van der Waals surface area contributed by atoms with Gasteiger partial charge >= 0.3 is 0 Å². The first-order valence-corrected chi connectivity index (χ1v) is 33.5. The summed E-state index contributed by atoms with van der Waals surface area (Å²) < 4.78 is 38.6. The molecule has 0 saturated heterocycles. The van der Waals surface area contributed by atoms with Crippen LogP contribution in [-0.4, -0.2) is 101 Å². The SMILES string of the molecule is C.C.C.C.C.C.C.C.C.C.C.C.CN=P(C)(Cl)Cl.CN=P(C)(N=P(C)(C)N=P(C)(C)C)NCCOC.COCCN.ClP1(Cl)=NP(Cl)(Cl)=NP(Cl)(Cl)=N1. The van der Waals surface area contributed by atoms with Crippen LogP contribution in [0.2, 0.25) is 0 Å². The average Bonchev–Trinajstić information content (AvgIpc) is 2.69. The summed E-state index contributed by atoms with van der Waals surface area (Å²) in [5.41, 5.74) is 5.01. The Morgan fingerprint density at radius 2 is 0.849 bits per heavy atom. The molecule has 1 atom stereocenters. The summed E-state index contributed by atoms with van der Waals surface area (Å²) in [6.07, 6.45) is 0. The summed E-state index contributed by atoms with van der Waals surface area (Å²) >= 11 is 44.7. The summed E-state index contributed by atoms with van der Waals surface area (Å²) in [7, 11) is 2.24. The topological polar surface area (TPSA) is 143 Å². The van der Waals surface area contributed by atoms with Crippen molar-refractivity contribution >= 4 is 135 Å². The first-order chi connectivity index (χ1) is 18.1. The molecule has 0 spiro atoms. The number of ether oxygens (including phenoxy) is 2. The molecule has 1 aliphatic rings. The molecule has 0 amide bonds. The molecule has 0 aromatic heterocycles. The molecular formula is C27H92Cl8N9O2P7. The van der Waals surface area contributed by atoms with Gasteiger partial charge in [0.2, 0.25) is 0 Å². The van der Waals surface area contributed by atoms with Crippen molar-refractivity contribution in [2.24, 2.45) is 37.8 Å². The average molecular weight is 1080 g/mol. The Morgan fingerprint density at radius 1 is 0.566 bits per heavy atom. The highest BCUT2D eigenvalue weighted by Crippen LogP contribution is 2.87. The second-order valence-electron chi connectivity index (χ2n) is 8.84. The van der Waals surface area contributed by atoms with Gasteiger partial charge in [-0.15, -0.1) is 0 Å². The van der Waals surface area contributed by atoms with Crippen LogP contribution in [0.15, 0.2) is 32.1 Å². The highest BCUT2D eigenvalue weighted by atomic mass is 35.9.